The number of imide groups is 1. The average Bonchev–Trinajstić information content (AvgIpc) is 2.76. The number of amides is 6. The summed E-state index contributed by atoms with van der Waals surface area (Å²) in [4.78, 5) is 64.5. The molecule has 2 unspecified atom stereocenters. The first-order valence-electron chi connectivity index (χ1n) is 9.93. The number of nitrogens with zero attached hydrogens (tertiary/aromatic N) is 2. The Morgan fingerprint density at radius 1 is 1.13 bits per heavy atom. The van der Waals surface area contributed by atoms with Gasteiger partial charge in [0.1, 0.15) is 12.1 Å². The molecule has 0 aromatic heterocycles. The Morgan fingerprint density at radius 2 is 1.83 bits per heavy atom. The van der Waals surface area contributed by atoms with E-state index in [0.29, 0.717) is 25.1 Å². The zero-order valence-electron chi connectivity index (χ0n) is 16.9. The Labute approximate surface area is 174 Å². The van der Waals surface area contributed by atoms with Crippen LogP contribution in [0.3, 0.4) is 0 Å². The highest BCUT2D eigenvalue weighted by Crippen LogP contribution is 2.19. The molecule has 2 aliphatic rings. The SMILES string of the molecule is CC[C@@H]1CN(CC)C(=O)C(=O)N1C(=O)NC(C(=O)NC1CNC1=O)c1ccccc1. The molecule has 3 N–H and O–H groups in total. The van der Waals surface area contributed by atoms with E-state index in [1.165, 1.54) is 4.90 Å². The molecule has 6 amide bonds. The minimum Gasteiger partial charge on any atom is -0.352 e. The number of β-lactam (4-membered cyclic amide) rings is 1. The van der Waals surface area contributed by atoms with Gasteiger partial charge in [0.25, 0.3) is 0 Å². The molecule has 30 heavy (non-hydrogen) atoms. The standard InChI is InChI=1S/C20H25N5O5/c1-3-13-11-24(4-2)18(28)19(29)25(13)20(30)23-15(12-8-6-5-7-9-12)17(27)22-14-10-21-16(14)26/h5-9,13-15H,3-4,10-11H2,1-2H3,(H,21,26)(H,22,27)(H,23,30)/t13-,14?,15?/m1/s1. The Hall–Kier alpha value is -3.43. The summed E-state index contributed by atoms with van der Waals surface area (Å²) in [7, 11) is 0. The Kier molecular flexibility index (Phi) is 6.34. The van der Waals surface area contributed by atoms with Gasteiger partial charge in [-0.05, 0) is 18.9 Å². The van der Waals surface area contributed by atoms with Crippen LogP contribution in [-0.4, -0.2) is 71.2 Å². The van der Waals surface area contributed by atoms with E-state index in [-0.39, 0.29) is 12.5 Å². The van der Waals surface area contributed by atoms with Crippen LogP contribution in [0.1, 0.15) is 31.9 Å². The largest absolute Gasteiger partial charge is 0.352 e. The van der Waals surface area contributed by atoms with E-state index in [0.717, 1.165) is 4.90 Å². The second kappa shape index (κ2) is 8.93. The average molecular weight is 415 g/mol. The maximum atomic E-state index is 13.0. The Morgan fingerprint density at radius 3 is 2.37 bits per heavy atom. The first-order chi connectivity index (χ1) is 14.4. The highest BCUT2D eigenvalue weighted by molar-refractivity contribution is 6.38. The summed E-state index contributed by atoms with van der Waals surface area (Å²) in [6.07, 6.45) is 0.466. The van der Waals surface area contributed by atoms with Gasteiger partial charge < -0.3 is 20.9 Å². The number of nitrogens with one attached hydrogen (secondary N) is 3. The van der Waals surface area contributed by atoms with Gasteiger partial charge in [0.2, 0.25) is 11.8 Å². The monoisotopic (exact) mass is 415 g/mol. The van der Waals surface area contributed by atoms with Crippen LogP contribution >= 0.6 is 0 Å². The normalized spacial score (nSPS) is 22.1. The molecule has 0 bridgehead atoms. The molecule has 160 valence electrons. The number of hydrogen-bond acceptors (Lipinski definition) is 5. The van der Waals surface area contributed by atoms with E-state index in [2.05, 4.69) is 16.0 Å². The van der Waals surface area contributed by atoms with Crippen LogP contribution in [0.25, 0.3) is 0 Å². The molecule has 0 saturated carbocycles. The van der Waals surface area contributed by atoms with Crippen molar-refractivity contribution < 1.29 is 24.0 Å². The summed E-state index contributed by atoms with van der Waals surface area (Å²) < 4.78 is 0. The number of urea groups is 1. The third kappa shape index (κ3) is 4.12. The molecule has 10 heteroatoms. The molecule has 2 heterocycles. The third-order valence-electron chi connectivity index (χ3n) is 5.33. The van der Waals surface area contributed by atoms with Crippen LogP contribution in [0.2, 0.25) is 0 Å². The number of piperazine rings is 1. The van der Waals surface area contributed by atoms with E-state index in [4.69, 9.17) is 0 Å². The molecule has 3 atom stereocenters. The van der Waals surface area contributed by atoms with Gasteiger partial charge >= 0.3 is 17.8 Å². The molecule has 0 radical (unpaired) electrons. The second-order valence-electron chi connectivity index (χ2n) is 7.18. The van der Waals surface area contributed by atoms with Crippen molar-refractivity contribution in [1.82, 2.24) is 25.8 Å². The van der Waals surface area contributed by atoms with Crippen molar-refractivity contribution in [2.24, 2.45) is 0 Å². The molecule has 2 fully saturated rings. The molecule has 10 nitrogen and oxygen atoms in total. The lowest BCUT2D eigenvalue weighted by atomic mass is 10.0. The summed E-state index contributed by atoms with van der Waals surface area (Å²) in [5, 5.41) is 7.69. The first kappa shape index (κ1) is 21.3. The van der Waals surface area contributed by atoms with Crippen molar-refractivity contribution in [3.8, 4) is 0 Å². The predicted molar refractivity (Wildman–Crippen MR) is 106 cm³/mol. The summed E-state index contributed by atoms with van der Waals surface area (Å²) in [5.41, 5.74) is 0.488. The lowest BCUT2D eigenvalue weighted by molar-refractivity contribution is -0.156. The van der Waals surface area contributed by atoms with Crippen LogP contribution in [0.5, 0.6) is 0 Å². The van der Waals surface area contributed by atoms with Gasteiger partial charge in [-0.3, -0.25) is 24.1 Å². The summed E-state index contributed by atoms with van der Waals surface area (Å²) in [6.45, 7) is 4.51. The fraction of sp³-hybridized carbons (Fsp3) is 0.450. The van der Waals surface area contributed by atoms with Gasteiger partial charge in [-0.15, -0.1) is 0 Å². The van der Waals surface area contributed by atoms with E-state index < -0.39 is 41.9 Å². The minimum atomic E-state index is -1.13. The van der Waals surface area contributed by atoms with Crippen molar-refractivity contribution >= 4 is 29.7 Å². The summed E-state index contributed by atoms with van der Waals surface area (Å²) in [5.74, 6) is -2.54. The van der Waals surface area contributed by atoms with Gasteiger partial charge in [-0.2, -0.15) is 0 Å². The zero-order chi connectivity index (χ0) is 21.8. The molecule has 2 saturated heterocycles. The van der Waals surface area contributed by atoms with Gasteiger partial charge in [-0.25, -0.2) is 4.79 Å². The minimum absolute atomic E-state index is 0.245. The molecular formula is C20H25N5O5. The van der Waals surface area contributed by atoms with E-state index >= 15 is 0 Å². The van der Waals surface area contributed by atoms with Crippen LogP contribution in [-0.2, 0) is 19.2 Å². The smallest absolute Gasteiger partial charge is 0.325 e. The van der Waals surface area contributed by atoms with Crippen LogP contribution in [0, 0.1) is 0 Å². The van der Waals surface area contributed by atoms with Crippen molar-refractivity contribution in [2.45, 2.75) is 38.4 Å². The molecule has 0 aliphatic carbocycles. The fourth-order valence-corrected chi connectivity index (χ4v) is 3.46. The third-order valence-corrected chi connectivity index (χ3v) is 5.33. The topological polar surface area (TPSA) is 128 Å². The Bertz CT molecular complexity index is 858. The molecular weight excluding hydrogens is 390 g/mol. The highest BCUT2D eigenvalue weighted by Gasteiger charge is 2.42. The first-order valence-corrected chi connectivity index (χ1v) is 9.93. The number of benzene rings is 1. The molecule has 1 aromatic carbocycles. The quantitative estimate of drug-likeness (QED) is 0.427. The number of rotatable bonds is 6. The number of likely N-dealkylation sites (N-methyl/N-ethyl adjacent to an activating group) is 1. The van der Waals surface area contributed by atoms with Crippen molar-refractivity contribution in [2.75, 3.05) is 19.6 Å². The second-order valence-corrected chi connectivity index (χ2v) is 7.18. The summed E-state index contributed by atoms with van der Waals surface area (Å²) in [6, 6.07) is 5.39. The van der Waals surface area contributed by atoms with Crippen molar-refractivity contribution in [1.29, 1.82) is 0 Å². The molecule has 1 aromatic rings. The van der Waals surface area contributed by atoms with Gasteiger partial charge in [-0.1, -0.05) is 37.3 Å². The zero-order valence-corrected chi connectivity index (χ0v) is 16.9. The predicted octanol–water partition coefficient (Wildman–Crippen LogP) is -0.479. The molecule has 3 rings (SSSR count). The van der Waals surface area contributed by atoms with Gasteiger partial charge in [0.15, 0.2) is 0 Å². The maximum absolute atomic E-state index is 13.0. The van der Waals surface area contributed by atoms with Crippen LogP contribution in [0.15, 0.2) is 30.3 Å². The van der Waals surface area contributed by atoms with E-state index in [1.54, 1.807) is 37.3 Å². The lowest BCUT2D eigenvalue weighted by Gasteiger charge is -2.39. The number of carbonyl (C=O) groups is 5. The van der Waals surface area contributed by atoms with Gasteiger partial charge in [0.05, 0.1) is 6.04 Å². The molecule has 2 aliphatic heterocycles. The number of hydrogen-bond donors (Lipinski definition) is 3. The van der Waals surface area contributed by atoms with E-state index in [1.807, 2.05) is 6.92 Å². The van der Waals surface area contributed by atoms with Crippen LogP contribution < -0.4 is 16.0 Å². The summed E-state index contributed by atoms with van der Waals surface area (Å²) >= 11 is 0. The number of carbonyl (C=O) groups excluding carboxylic acids is 5. The van der Waals surface area contributed by atoms with Crippen molar-refractivity contribution in [3.05, 3.63) is 35.9 Å². The maximum Gasteiger partial charge on any atom is 0.325 e. The molecule has 0 spiro atoms. The fourth-order valence-electron chi connectivity index (χ4n) is 3.46. The van der Waals surface area contributed by atoms with Gasteiger partial charge in [0, 0.05) is 19.6 Å². The highest BCUT2D eigenvalue weighted by atomic mass is 16.2. The van der Waals surface area contributed by atoms with E-state index in [9.17, 15) is 24.0 Å². The Balaban J connectivity index is 1.81. The van der Waals surface area contributed by atoms with Crippen molar-refractivity contribution in [3.63, 3.8) is 0 Å². The van der Waals surface area contributed by atoms with Crippen LogP contribution in [0.4, 0.5) is 4.79 Å². The lowest BCUT2D eigenvalue weighted by Crippen LogP contribution is -2.65.